The van der Waals surface area contributed by atoms with Crippen LogP contribution in [0.15, 0.2) is 12.1 Å². The minimum atomic E-state index is -0.626. The molecule has 0 saturated heterocycles. The predicted molar refractivity (Wildman–Crippen MR) is 55.6 cm³/mol. The van der Waals surface area contributed by atoms with Crippen LogP contribution < -0.4 is 5.32 Å². The average molecular weight is 212 g/mol. The van der Waals surface area contributed by atoms with Crippen LogP contribution in [0.5, 0.6) is 0 Å². The highest BCUT2D eigenvalue weighted by molar-refractivity contribution is 5.87. The van der Waals surface area contributed by atoms with Gasteiger partial charge >= 0.3 is 5.97 Å². The molecule has 0 spiro atoms. The van der Waals surface area contributed by atoms with Crippen LogP contribution in [-0.2, 0) is 11.8 Å². The van der Waals surface area contributed by atoms with Crippen molar-refractivity contribution < 1.29 is 14.6 Å². The zero-order valence-corrected chi connectivity index (χ0v) is 9.15. The van der Waals surface area contributed by atoms with Crippen molar-refractivity contribution >= 4 is 5.97 Å². The molecule has 2 N–H and O–H groups in total. The van der Waals surface area contributed by atoms with Crippen LogP contribution in [0.4, 0.5) is 0 Å². The van der Waals surface area contributed by atoms with Gasteiger partial charge in [-0.05, 0) is 19.2 Å². The van der Waals surface area contributed by atoms with Crippen molar-refractivity contribution in [3.05, 3.63) is 23.5 Å². The molecule has 84 valence electrons. The van der Waals surface area contributed by atoms with E-state index in [0.717, 1.165) is 0 Å². The molecule has 0 amide bonds. The third kappa shape index (κ3) is 2.37. The molecule has 0 aromatic carbocycles. The molecule has 5 nitrogen and oxygen atoms in total. The van der Waals surface area contributed by atoms with Crippen molar-refractivity contribution in [3.63, 3.8) is 0 Å². The molecule has 1 aromatic rings. The number of hydrogen-bond acceptors (Lipinski definition) is 4. The lowest BCUT2D eigenvalue weighted by Gasteiger charge is -2.12. The van der Waals surface area contributed by atoms with E-state index in [0.29, 0.717) is 17.9 Å². The van der Waals surface area contributed by atoms with E-state index >= 15 is 0 Å². The van der Waals surface area contributed by atoms with Crippen LogP contribution in [0.1, 0.15) is 22.3 Å². The fourth-order valence-corrected chi connectivity index (χ4v) is 1.47. The maximum absolute atomic E-state index is 11.3. The lowest BCUT2D eigenvalue weighted by Crippen LogP contribution is -2.19. The van der Waals surface area contributed by atoms with E-state index in [9.17, 15) is 9.90 Å². The molecule has 15 heavy (non-hydrogen) atoms. The first kappa shape index (κ1) is 11.7. The number of hydrogen-bond donors (Lipinski definition) is 2. The Balaban J connectivity index is 2.93. The van der Waals surface area contributed by atoms with Crippen LogP contribution in [-0.4, -0.2) is 36.3 Å². The lowest BCUT2D eigenvalue weighted by atomic mass is 10.2. The van der Waals surface area contributed by atoms with Gasteiger partial charge in [-0.15, -0.1) is 0 Å². The quantitative estimate of drug-likeness (QED) is 0.693. The summed E-state index contributed by atoms with van der Waals surface area (Å²) in [6.45, 7) is 0.443. The maximum Gasteiger partial charge on any atom is 0.354 e. The SMILES string of the molecule is CNCC(O)c1ccc(C(=O)OC)n1C. The highest BCUT2D eigenvalue weighted by Crippen LogP contribution is 2.15. The number of aliphatic hydroxyl groups is 1. The summed E-state index contributed by atoms with van der Waals surface area (Å²) in [6, 6.07) is 3.36. The van der Waals surface area contributed by atoms with E-state index in [1.54, 1.807) is 30.8 Å². The van der Waals surface area contributed by atoms with Gasteiger partial charge in [0.05, 0.1) is 7.11 Å². The standard InChI is InChI=1S/C10H16N2O3/c1-11-6-9(13)7-4-5-8(12(7)2)10(14)15-3/h4-5,9,11,13H,6H2,1-3H3. The minimum Gasteiger partial charge on any atom is -0.464 e. The molecule has 0 saturated carbocycles. The van der Waals surface area contributed by atoms with Gasteiger partial charge < -0.3 is 19.7 Å². The number of aliphatic hydroxyl groups excluding tert-OH is 1. The van der Waals surface area contributed by atoms with E-state index in [1.165, 1.54) is 7.11 Å². The molecule has 0 radical (unpaired) electrons. The molecule has 0 aliphatic heterocycles. The first-order valence-electron chi connectivity index (χ1n) is 4.68. The zero-order chi connectivity index (χ0) is 11.4. The summed E-state index contributed by atoms with van der Waals surface area (Å²) in [5.74, 6) is -0.402. The van der Waals surface area contributed by atoms with Crippen molar-refractivity contribution in [3.8, 4) is 0 Å². The van der Waals surface area contributed by atoms with Crippen molar-refractivity contribution in [1.29, 1.82) is 0 Å². The topological polar surface area (TPSA) is 63.5 Å². The van der Waals surface area contributed by atoms with Crippen LogP contribution in [0, 0.1) is 0 Å². The maximum atomic E-state index is 11.3. The summed E-state index contributed by atoms with van der Waals surface area (Å²) in [7, 11) is 4.81. The number of carbonyl (C=O) groups is 1. The molecule has 0 aliphatic carbocycles. The summed E-state index contributed by atoms with van der Waals surface area (Å²) in [5, 5.41) is 12.6. The zero-order valence-electron chi connectivity index (χ0n) is 9.15. The van der Waals surface area contributed by atoms with Crippen LogP contribution in [0.25, 0.3) is 0 Å². The van der Waals surface area contributed by atoms with Crippen LogP contribution in [0.2, 0.25) is 0 Å². The number of esters is 1. The van der Waals surface area contributed by atoms with Gasteiger partial charge in [-0.3, -0.25) is 0 Å². The monoisotopic (exact) mass is 212 g/mol. The Hall–Kier alpha value is -1.33. The number of ether oxygens (including phenoxy) is 1. The molecule has 5 heteroatoms. The van der Waals surface area contributed by atoms with Gasteiger partial charge in [-0.2, -0.15) is 0 Å². The molecule has 0 fully saturated rings. The van der Waals surface area contributed by atoms with Gasteiger partial charge in [0.2, 0.25) is 0 Å². The fourth-order valence-electron chi connectivity index (χ4n) is 1.47. The number of methoxy groups -OCH3 is 1. The normalized spacial score (nSPS) is 12.5. The van der Waals surface area contributed by atoms with Crippen molar-refractivity contribution in [2.75, 3.05) is 20.7 Å². The smallest absolute Gasteiger partial charge is 0.354 e. The number of likely N-dealkylation sites (N-methyl/N-ethyl adjacent to an activating group) is 1. The summed E-state index contributed by atoms with van der Waals surface area (Å²) in [6.07, 6.45) is -0.626. The second-order valence-corrected chi connectivity index (χ2v) is 3.27. The molecule has 0 aliphatic rings. The summed E-state index contributed by atoms with van der Waals surface area (Å²) < 4.78 is 6.25. The number of rotatable bonds is 4. The van der Waals surface area contributed by atoms with Gasteiger partial charge in [-0.25, -0.2) is 4.79 Å². The highest BCUT2D eigenvalue weighted by Gasteiger charge is 2.16. The molecule has 1 aromatic heterocycles. The van der Waals surface area contributed by atoms with E-state index in [-0.39, 0.29) is 0 Å². The third-order valence-electron chi connectivity index (χ3n) is 2.29. The van der Waals surface area contributed by atoms with Gasteiger partial charge in [0.25, 0.3) is 0 Å². The van der Waals surface area contributed by atoms with Gasteiger partial charge in [0, 0.05) is 19.3 Å². The third-order valence-corrected chi connectivity index (χ3v) is 2.29. The van der Waals surface area contributed by atoms with Gasteiger partial charge in [-0.1, -0.05) is 0 Å². The highest BCUT2D eigenvalue weighted by atomic mass is 16.5. The molecule has 1 rings (SSSR count). The number of nitrogens with zero attached hydrogens (tertiary/aromatic N) is 1. The van der Waals surface area contributed by atoms with Crippen LogP contribution >= 0.6 is 0 Å². The Bertz CT molecular complexity index is 346. The number of nitrogens with one attached hydrogen (secondary N) is 1. The average Bonchev–Trinajstić information content (AvgIpc) is 2.59. The van der Waals surface area contributed by atoms with Crippen molar-refractivity contribution in [1.82, 2.24) is 9.88 Å². The predicted octanol–water partition coefficient (Wildman–Crippen LogP) is 0.0645. The molecular formula is C10H16N2O3. The Morgan fingerprint density at radius 3 is 2.87 bits per heavy atom. The van der Waals surface area contributed by atoms with Crippen molar-refractivity contribution in [2.24, 2.45) is 7.05 Å². The first-order valence-corrected chi connectivity index (χ1v) is 4.68. The molecule has 0 bridgehead atoms. The van der Waals surface area contributed by atoms with Gasteiger partial charge in [0.1, 0.15) is 11.8 Å². The largest absolute Gasteiger partial charge is 0.464 e. The van der Waals surface area contributed by atoms with E-state index in [4.69, 9.17) is 0 Å². The second kappa shape index (κ2) is 4.95. The first-order chi connectivity index (χ1) is 7.11. The summed E-state index contributed by atoms with van der Waals surface area (Å²) >= 11 is 0. The molecule has 1 heterocycles. The lowest BCUT2D eigenvalue weighted by molar-refractivity contribution is 0.0588. The van der Waals surface area contributed by atoms with E-state index < -0.39 is 12.1 Å². The van der Waals surface area contributed by atoms with E-state index in [2.05, 4.69) is 10.1 Å². The molecular weight excluding hydrogens is 196 g/mol. The fraction of sp³-hybridized carbons (Fsp3) is 0.500. The van der Waals surface area contributed by atoms with Gasteiger partial charge in [0.15, 0.2) is 0 Å². The Labute approximate surface area is 88.7 Å². The number of carbonyl (C=O) groups excluding carboxylic acids is 1. The summed E-state index contributed by atoms with van der Waals surface area (Å²) in [4.78, 5) is 11.3. The van der Waals surface area contributed by atoms with Crippen LogP contribution in [0.3, 0.4) is 0 Å². The molecule has 1 atom stereocenters. The Kier molecular flexibility index (Phi) is 3.88. The Morgan fingerprint density at radius 2 is 2.33 bits per heavy atom. The van der Waals surface area contributed by atoms with E-state index in [1.807, 2.05) is 0 Å². The minimum absolute atomic E-state index is 0.402. The summed E-state index contributed by atoms with van der Waals surface area (Å²) in [5.41, 5.74) is 1.12. The second-order valence-electron chi connectivity index (χ2n) is 3.27. The Morgan fingerprint density at radius 1 is 1.67 bits per heavy atom. The number of aromatic nitrogens is 1. The molecule has 1 unspecified atom stereocenters. The van der Waals surface area contributed by atoms with Crippen molar-refractivity contribution in [2.45, 2.75) is 6.10 Å².